The number of methoxy groups -OCH3 is 2. The molecule has 1 aliphatic rings. The first kappa shape index (κ1) is 24.9. The zero-order chi connectivity index (χ0) is 24.3. The number of carbonyl (C=O) groups excluding carboxylic acids is 2. The van der Waals surface area contributed by atoms with E-state index in [4.69, 9.17) is 37.4 Å². The van der Waals surface area contributed by atoms with Gasteiger partial charge in [0.15, 0.2) is 11.5 Å². The van der Waals surface area contributed by atoms with Crippen molar-refractivity contribution in [3.8, 4) is 11.5 Å². The minimum atomic E-state index is -0.827. The lowest BCUT2D eigenvalue weighted by atomic mass is 9.95. The number of halogens is 2. The monoisotopic (exact) mass is 493 g/mol. The fourth-order valence-corrected chi connectivity index (χ4v) is 4.46. The standard InChI is InChI=1S/C24H25Cl2NO6/c1-13(2)33-11-10-27-19(14-8-6-5-7-9-14)17(21(29)24(27)30)20(28)15-12-16(25)23(32-4)18(26)22(15)31-3/h5-9,12-13,19,28H,10-11H2,1-4H3/b20-17+. The number of carbonyl (C=O) groups is 2. The number of aliphatic hydroxyl groups excluding tert-OH is 1. The van der Waals surface area contributed by atoms with E-state index in [1.807, 2.05) is 19.9 Å². The van der Waals surface area contributed by atoms with Crippen LogP contribution in [0.3, 0.4) is 0 Å². The molecule has 1 heterocycles. The van der Waals surface area contributed by atoms with Crippen LogP contribution in [0, 0.1) is 0 Å². The van der Waals surface area contributed by atoms with Gasteiger partial charge < -0.3 is 24.2 Å². The number of nitrogens with zero attached hydrogens (tertiary/aromatic N) is 1. The Morgan fingerprint density at radius 2 is 1.73 bits per heavy atom. The number of hydrogen-bond donors (Lipinski definition) is 1. The Hall–Kier alpha value is -2.74. The number of Topliss-reactive ketones (excluding diaryl/α,β-unsaturated/α-hetero) is 1. The quantitative estimate of drug-likeness (QED) is 0.321. The molecule has 176 valence electrons. The van der Waals surface area contributed by atoms with Crippen LogP contribution in [0.15, 0.2) is 42.0 Å². The molecule has 0 saturated carbocycles. The summed E-state index contributed by atoms with van der Waals surface area (Å²) in [5.74, 6) is -1.77. The Morgan fingerprint density at radius 1 is 1.09 bits per heavy atom. The summed E-state index contributed by atoms with van der Waals surface area (Å²) in [6.07, 6.45) is -0.0372. The number of likely N-dealkylation sites (tertiary alicyclic amines) is 1. The highest BCUT2D eigenvalue weighted by Gasteiger charge is 2.46. The summed E-state index contributed by atoms with van der Waals surface area (Å²) < 4.78 is 16.2. The number of rotatable bonds is 8. The van der Waals surface area contributed by atoms with E-state index in [1.165, 1.54) is 25.2 Å². The van der Waals surface area contributed by atoms with Gasteiger partial charge in [-0.2, -0.15) is 0 Å². The van der Waals surface area contributed by atoms with Gasteiger partial charge in [0.2, 0.25) is 0 Å². The first-order valence-electron chi connectivity index (χ1n) is 10.3. The Balaban J connectivity index is 2.20. The second kappa shape index (κ2) is 10.5. The molecule has 33 heavy (non-hydrogen) atoms. The minimum absolute atomic E-state index is 0.0323. The molecule has 2 aromatic carbocycles. The van der Waals surface area contributed by atoms with Crippen molar-refractivity contribution in [1.82, 2.24) is 4.90 Å². The lowest BCUT2D eigenvalue weighted by molar-refractivity contribution is -0.140. The van der Waals surface area contributed by atoms with Crippen LogP contribution >= 0.6 is 23.2 Å². The van der Waals surface area contributed by atoms with E-state index in [0.29, 0.717) is 5.56 Å². The number of amides is 1. The number of benzene rings is 2. The molecule has 1 aliphatic heterocycles. The predicted molar refractivity (Wildman–Crippen MR) is 126 cm³/mol. The largest absolute Gasteiger partial charge is 0.507 e. The van der Waals surface area contributed by atoms with Gasteiger partial charge in [-0.15, -0.1) is 0 Å². The van der Waals surface area contributed by atoms with Crippen LogP contribution in [0.25, 0.3) is 5.76 Å². The molecule has 1 saturated heterocycles. The molecule has 1 fully saturated rings. The van der Waals surface area contributed by atoms with Crippen LogP contribution in [-0.4, -0.2) is 55.2 Å². The molecule has 0 spiro atoms. The maximum Gasteiger partial charge on any atom is 0.295 e. The fourth-order valence-electron chi connectivity index (χ4n) is 3.77. The molecule has 3 rings (SSSR count). The van der Waals surface area contributed by atoms with E-state index in [1.54, 1.807) is 24.3 Å². The molecule has 7 nitrogen and oxygen atoms in total. The highest BCUT2D eigenvalue weighted by Crippen LogP contribution is 2.47. The Bertz CT molecular complexity index is 1080. The van der Waals surface area contributed by atoms with Gasteiger partial charge in [-0.3, -0.25) is 9.59 Å². The van der Waals surface area contributed by atoms with Crippen molar-refractivity contribution in [2.24, 2.45) is 0 Å². The minimum Gasteiger partial charge on any atom is -0.507 e. The van der Waals surface area contributed by atoms with Crippen molar-refractivity contribution < 1.29 is 28.9 Å². The van der Waals surface area contributed by atoms with Crippen LogP contribution < -0.4 is 9.47 Å². The van der Waals surface area contributed by atoms with E-state index < -0.39 is 23.5 Å². The predicted octanol–water partition coefficient (Wildman–Crippen LogP) is 4.86. The average molecular weight is 494 g/mol. The SMILES string of the molecule is COc1c(Cl)cc(/C(O)=C2\C(=O)C(=O)N(CCOC(C)C)C2c2ccccc2)c(OC)c1Cl. The summed E-state index contributed by atoms with van der Waals surface area (Å²) in [5, 5.41) is 11.5. The number of ether oxygens (including phenoxy) is 3. The van der Waals surface area contributed by atoms with Crippen molar-refractivity contribution in [1.29, 1.82) is 0 Å². The second-order valence-electron chi connectivity index (χ2n) is 7.61. The van der Waals surface area contributed by atoms with Gasteiger partial charge in [0.1, 0.15) is 10.8 Å². The highest BCUT2D eigenvalue weighted by molar-refractivity contribution is 6.47. The molecule has 0 bridgehead atoms. The third-order valence-electron chi connectivity index (χ3n) is 5.23. The summed E-state index contributed by atoms with van der Waals surface area (Å²) >= 11 is 12.7. The van der Waals surface area contributed by atoms with Gasteiger partial charge in [0, 0.05) is 6.54 Å². The van der Waals surface area contributed by atoms with Crippen molar-refractivity contribution in [3.63, 3.8) is 0 Å². The summed E-state index contributed by atoms with van der Waals surface area (Å²) in [6.45, 7) is 4.16. The van der Waals surface area contributed by atoms with Crippen molar-refractivity contribution in [3.05, 3.63) is 63.1 Å². The van der Waals surface area contributed by atoms with Gasteiger partial charge >= 0.3 is 0 Å². The van der Waals surface area contributed by atoms with Gasteiger partial charge in [-0.25, -0.2) is 0 Å². The first-order valence-corrected chi connectivity index (χ1v) is 11.0. The van der Waals surface area contributed by atoms with Crippen LogP contribution in [0.4, 0.5) is 0 Å². The smallest absolute Gasteiger partial charge is 0.295 e. The Kier molecular flexibility index (Phi) is 7.89. The molecule has 1 amide bonds. The molecule has 2 aromatic rings. The van der Waals surface area contributed by atoms with Crippen LogP contribution in [0.1, 0.15) is 31.0 Å². The van der Waals surface area contributed by atoms with Crippen LogP contribution in [-0.2, 0) is 14.3 Å². The number of hydrogen-bond acceptors (Lipinski definition) is 6. The van der Waals surface area contributed by atoms with E-state index in [-0.39, 0.29) is 51.9 Å². The van der Waals surface area contributed by atoms with E-state index in [2.05, 4.69) is 0 Å². The van der Waals surface area contributed by atoms with Gasteiger partial charge in [-0.1, -0.05) is 53.5 Å². The molecular formula is C24H25Cl2NO6. The highest BCUT2D eigenvalue weighted by atomic mass is 35.5. The van der Waals surface area contributed by atoms with Crippen LogP contribution in [0.5, 0.6) is 11.5 Å². The zero-order valence-electron chi connectivity index (χ0n) is 18.7. The van der Waals surface area contributed by atoms with Crippen molar-refractivity contribution >= 4 is 40.7 Å². The molecule has 0 aliphatic carbocycles. The Morgan fingerprint density at radius 3 is 2.30 bits per heavy atom. The topological polar surface area (TPSA) is 85.3 Å². The fraction of sp³-hybridized carbons (Fsp3) is 0.333. The normalized spacial score (nSPS) is 17.7. The zero-order valence-corrected chi connectivity index (χ0v) is 20.2. The van der Waals surface area contributed by atoms with Crippen molar-refractivity contribution in [2.45, 2.75) is 26.0 Å². The molecule has 1 N–H and O–H groups in total. The lowest BCUT2D eigenvalue weighted by Gasteiger charge is -2.26. The third-order valence-corrected chi connectivity index (χ3v) is 5.86. The van der Waals surface area contributed by atoms with E-state index in [0.717, 1.165) is 0 Å². The first-order chi connectivity index (χ1) is 15.7. The lowest BCUT2D eigenvalue weighted by Crippen LogP contribution is -2.33. The summed E-state index contributed by atoms with van der Waals surface area (Å²) in [4.78, 5) is 27.5. The van der Waals surface area contributed by atoms with Gasteiger partial charge in [0.05, 0.1) is 49.1 Å². The van der Waals surface area contributed by atoms with Crippen LogP contribution in [0.2, 0.25) is 10.0 Å². The molecule has 9 heteroatoms. The molecule has 0 aromatic heterocycles. The van der Waals surface area contributed by atoms with E-state index >= 15 is 0 Å². The summed E-state index contributed by atoms with van der Waals surface area (Å²) in [6, 6.07) is 9.54. The average Bonchev–Trinajstić information content (AvgIpc) is 3.04. The van der Waals surface area contributed by atoms with Gasteiger partial charge in [0.25, 0.3) is 11.7 Å². The molecule has 1 atom stereocenters. The maximum atomic E-state index is 13.1. The van der Waals surface area contributed by atoms with Crippen molar-refractivity contribution in [2.75, 3.05) is 27.4 Å². The second-order valence-corrected chi connectivity index (χ2v) is 8.39. The number of ketones is 1. The third kappa shape index (κ3) is 4.81. The van der Waals surface area contributed by atoms with E-state index in [9.17, 15) is 14.7 Å². The molecule has 1 unspecified atom stereocenters. The molecular weight excluding hydrogens is 469 g/mol. The Labute approximate surface area is 202 Å². The summed E-state index contributed by atoms with van der Waals surface area (Å²) in [7, 11) is 2.76. The van der Waals surface area contributed by atoms with Gasteiger partial charge in [-0.05, 0) is 25.5 Å². The maximum absolute atomic E-state index is 13.1. The number of aliphatic hydroxyl groups is 1. The summed E-state index contributed by atoms with van der Waals surface area (Å²) in [5.41, 5.74) is 0.643. The molecule has 0 radical (unpaired) electrons.